The summed E-state index contributed by atoms with van der Waals surface area (Å²) in [5, 5.41) is 0. The van der Waals surface area contributed by atoms with Gasteiger partial charge in [0.15, 0.2) is 5.78 Å². The molecule has 0 aromatic carbocycles. The van der Waals surface area contributed by atoms with Gasteiger partial charge in [-0.15, -0.1) is 0 Å². The second-order valence-corrected chi connectivity index (χ2v) is 3.10. The quantitative estimate of drug-likeness (QED) is 0.463. The lowest BCUT2D eigenvalue weighted by Gasteiger charge is -1.88. The van der Waals surface area contributed by atoms with Crippen molar-refractivity contribution in [3.63, 3.8) is 0 Å². The van der Waals surface area contributed by atoms with Crippen molar-refractivity contribution < 1.29 is 4.79 Å². The Bertz CT molecular complexity index is 238. The van der Waals surface area contributed by atoms with Gasteiger partial charge in [0.2, 0.25) is 0 Å². The molecule has 0 unspecified atom stereocenters. The Labute approximate surface area is 74.5 Å². The van der Waals surface area contributed by atoms with E-state index in [0.29, 0.717) is 0 Å². The highest BCUT2D eigenvalue weighted by Crippen LogP contribution is 1.98. The highest BCUT2D eigenvalue weighted by molar-refractivity contribution is 5.87. The summed E-state index contributed by atoms with van der Waals surface area (Å²) < 4.78 is 0. The van der Waals surface area contributed by atoms with Crippen molar-refractivity contribution in [3.8, 4) is 0 Å². The molecule has 0 heterocycles. The fraction of sp³-hybridized carbons (Fsp3) is 0.364. The van der Waals surface area contributed by atoms with Gasteiger partial charge in [-0.2, -0.15) is 0 Å². The molecule has 0 rings (SSSR count). The topological polar surface area (TPSA) is 17.1 Å². The molecule has 0 aliphatic rings. The predicted molar refractivity (Wildman–Crippen MR) is 53.0 cm³/mol. The molecule has 0 aliphatic carbocycles. The molecule has 1 heteroatoms. The highest BCUT2D eigenvalue weighted by Gasteiger charge is 1.82. The molecule has 0 aliphatic heterocycles. The zero-order chi connectivity index (χ0) is 9.56. The van der Waals surface area contributed by atoms with Gasteiger partial charge in [-0.05, 0) is 33.8 Å². The SMILES string of the molecule is CC(=O)C=CC(C)=CC=C(C)C. The van der Waals surface area contributed by atoms with E-state index in [4.69, 9.17) is 0 Å². The highest BCUT2D eigenvalue weighted by atomic mass is 16.1. The van der Waals surface area contributed by atoms with Gasteiger partial charge in [-0.3, -0.25) is 4.79 Å². The van der Waals surface area contributed by atoms with Crippen LogP contribution in [-0.2, 0) is 4.79 Å². The zero-order valence-corrected chi connectivity index (χ0v) is 8.22. The number of hydrogen-bond donors (Lipinski definition) is 0. The van der Waals surface area contributed by atoms with Crippen LogP contribution in [0.4, 0.5) is 0 Å². The maximum absolute atomic E-state index is 10.6. The largest absolute Gasteiger partial charge is 0.295 e. The first kappa shape index (κ1) is 10.9. The third-order valence-corrected chi connectivity index (χ3v) is 1.26. The van der Waals surface area contributed by atoms with Gasteiger partial charge in [0.05, 0.1) is 0 Å². The van der Waals surface area contributed by atoms with Crippen LogP contribution < -0.4 is 0 Å². The summed E-state index contributed by atoms with van der Waals surface area (Å²) in [6.07, 6.45) is 7.42. The third kappa shape index (κ3) is 7.00. The molecule has 0 aromatic heterocycles. The fourth-order valence-electron chi connectivity index (χ4n) is 0.602. The van der Waals surface area contributed by atoms with Crippen LogP contribution in [0, 0.1) is 0 Å². The summed E-state index contributed by atoms with van der Waals surface area (Å²) in [6.45, 7) is 7.60. The van der Waals surface area contributed by atoms with Crippen molar-refractivity contribution in [3.05, 3.63) is 35.5 Å². The lowest BCUT2D eigenvalue weighted by molar-refractivity contribution is -0.112. The van der Waals surface area contributed by atoms with Crippen LogP contribution in [0.1, 0.15) is 27.7 Å². The van der Waals surface area contributed by atoms with Crippen LogP contribution in [0.3, 0.4) is 0 Å². The molecule has 0 aromatic rings. The number of allylic oxidation sites excluding steroid dienone is 6. The van der Waals surface area contributed by atoms with Crippen molar-refractivity contribution >= 4 is 5.78 Å². The van der Waals surface area contributed by atoms with E-state index in [1.807, 2.05) is 39.0 Å². The molecule has 12 heavy (non-hydrogen) atoms. The maximum Gasteiger partial charge on any atom is 0.152 e. The Hall–Kier alpha value is -1.11. The third-order valence-electron chi connectivity index (χ3n) is 1.26. The Morgan fingerprint density at radius 2 is 1.50 bits per heavy atom. The molecule has 66 valence electrons. The van der Waals surface area contributed by atoms with Gasteiger partial charge in [-0.1, -0.05) is 29.4 Å². The van der Waals surface area contributed by atoms with Crippen molar-refractivity contribution in [2.45, 2.75) is 27.7 Å². The first-order valence-electron chi connectivity index (χ1n) is 4.03. The van der Waals surface area contributed by atoms with Crippen LogP contribution in [-0.4, -0.2) is 5.78 Å². The molecule has 0 N–H and O–H groups in total. The Kier molecular flexibility index (Phi) is 5.02. The number of rotatable bonds is 3. The average molecular weight is 164 g/mol. The van der Waals surface area contributed by atoms with Crippen LogP contribution in [0.5, 0.6) is 0 Å². The minimum Gasteiger partial charge on any atom is -0.295 e. The van der Waals surface area contributed by atoms with Crippen molar-refractivity contribution in [2.24, 2.45) is 0 Å². The smallest absolute Gasteiger partial charge is 0.152 e. The van der Waals surface area contributed by atoms with E-state index in [-0.39, 0.29) is 5.78 Å². The molecule has 0 radical (unpaired) electrons. The van der Waals surface area contributed by atoms with E-state index >= 15 is 0 Å². The zero-order valence-electron chi connectivity index (χ0n) is 8.22. The lowest BCUT2D eigenvalue weighted by atomic mass is 10.2. The Balaban J connectivity index is 4.21. The maximum atomic E-state index is 10.6. The summed E-state index contributed by atoms with van der Waals surface area (Å²) in [7, 11) is 0. The summed E-state index contributed by atoms with van der Waals surface area (Å²) >= 11 is 0. The standard InChI is InChI=1S/C11H16O/c1-9(2)5-6-10(3)7-8-11(4)12/h5-8H,1-4H3. The van der Waals surface area contributed by atoms with Gasteiger partial charge in [0, 0.05) is 0 Å². The van der Waals surface area contributed by atoms with E-state index in [9.17, 15) is 4.79 Å². The van der Waals surface area contributed by atoms with E-state index in [2.05, 4.69) is 0 Å². The van der Waals surface area contributed by atoms with Gasteiger partial charge in [0.1, 0.15) is 0 Å². The molecular formula is C11H16O. The minimum atomic E-state index is 0.0833. The van der Waals surface area contributed by atoms with Crippen LogP contribution in [0.15, 0.2) is 35.5 Å². The van der Waals surface area contributed by atoms with Crippen molar-refractivity contribution in [1.82, 2.24) is 0 Å². The first-order valence-corrected chi connectivity index (χ1v) is 4.03. The van der Waals surface area contributed by atoms with Crippen LogP contribution in [0.25, 0.3) is 0 Å². The molecule has 0 atom stereocenters. The van der Waals surface area contributed by atoms with Crippen molar-refractivity contribution in [1.29, 1.82) is 0 Å². The van der Waals surface area contributed by atoms with Crippen LogP contribution in [0.2, 0.25) is 0 Å². The van der Waals surface area contributed by atoms with Crippen molar-refractivity contribution in [2.75, 3.05) is 0 Å². The Morgan fingerprint density at radius 3 is 1.92 bits per heavy atom. The summed E-state index contributed by atoms with van der Waals surface area (Å²) in [4.78, 5) is 10.6. The van der Waals surface area contributed by atoms with E-state index in [1.54, 1.807) is 13.0 Å². The summed E-state index contributed by atoms with van der Waals surface area (Å²) in [5.74, 6) is 0.0833. The number of hydrogen-bond acceptors (Lipinski definition) is 1. The van der Waals surface area contributed by atoms with Gasteiger partial charge >= 0.3 is 0 Å². The number of ketones is 1. The molecule has 0 spiro atoms. The minimum absolute atomic E-state index is 0.0833. The predicted octanol–water partition coefficient (Wildman–Crippen LogP) is 3.04. The average Bonchev–Trinajstić information content (AvgIpc) is 1.96. The van der Waals surface area contributed by atoms with E-state index in [0.717, 1.165) is 5.57 Å². The monoisotopic (exact) mass is 164 g/mol. The molecule has 0 amide bonds. The van der Waals surface area contributed by atoms with Crippen LogP contribution >= 0.6 is 0 Å². The molecule has 0 bridgehead atoms. The molecule has 1 nitrogen and oxygen atoms in total. The molecule has 0 saturated heterocycles. The Morgan fingerprint density at radius 1 is 0.917 bits per heavy atom. The fourth-order valence-corrected chi connectivity index (χ4v) is 0.602. The van der Waals surface area contributed by atoms with E-state index in [1.165, 1.54) is 5.57 Å². The van der Waals surface area contributed by atoms with E-state index < -0.39 is 0 Å². The summed E-state index contributed by atoms with van der Waals surface area (Å²) in [5.41, 5.74) is 2.34. The second kappa shape index (κ2) is 5.53. The molecule has 0 fully saturated rings. The van der Waals surface area contributed by atoms with Gasteiger partial charge in [-0.25, -0.2) is 0 Å². The molecule has 0 saturated carbocycles. The second-order valence-electron chi connectivity index (χ2n) is 3.10. The molecular weight excluding hydrogens is 148 g/mol. The van der Waals surface area contributed by atoms with Gasteiger partial charge in [0.25, 0.3) is 0 Å². The summed E-state index contributed by atoms with van der Waals surface area (Å²) in [6, 6.07) is 0. The number of carbonyl (C=O) groups excluding carboxylic acids is 1. The first-order chi connectivity index (χ1) is 5.52. The number of carbonyl (C=O) groups is 1. The lowest BCUT2D eigenvalue weighted by Crippen LogP contribution is -1.79. The normalized spacial score (nSPS) is 11.8. The van der Waals surface area contributed by atoms with Gasteiger partial charge < -0.3 is 0 Å².